The molecule has 0 aliphatic rings. The largest absolute Gasteiger partial charge is 0.496 e. The van der Waals surface area contributed by atoms with Crippen LogP contribution in [0.1, 0.15) is 22.6 Å². The molecule has 0 unspecified atom stereocenters. The average Bonchev–Trinajstić information content (AvgIpc) is 3.39. The van der Waals surface area contributed by atoms with Gasteiger partial charge in [-0.05, 0) is 44.0 Å². The summed E-state index contributed by atoms with van der Waals surface area (Å²) in [5, 5.41) is 4.84. The molecular weight excluding hydrogens is 450 g/mol. The fourth-order valence-corrected chi connectivity index (χ4v) is 4.11. The third-order valence-electron chi connectivity index (χ3n) is 5.71. The normalized spacial score (nSPS) is 10.4. The smallest absolute Gasteiger partial charge is 0.420 e. The van der Waals surface area contributed by atoms with Crippen molar-refractivity contribution in [2.45, 2.75) is 27.3 Å². The Morgan fingerprint density at radius 2 is 1.77 bits per heavy atom. The van der Waals surface area contributed by atoms with Crippen molar-refractivity contribution in [1.82, 2.24) is 14.7 Å². The summed E-state index contributed by atoms with van der Waals surface area (Å²) in [6.07, 6.45) is 1.59. The van der Waals surface area contributed by atoms with Crippen molar-refractivity contribution in [3.05, 3.63) is 75.7 Å². The van der Waals surface area contributed by atoms with Gasteiger partial charge in [-0.1, -0.05) is 29.4 Å². The highest BCUT2D eigenvalue weighted by molar-refractivity contribution is 6.04. The van der Waals surface area contributed by atoms with Gasteiger partial charge in [0.1, 0.15) is 30.6 Å². The molecule has 0 spiro atoms. The van der Waals surface area contributed by atoms with Gasteiger partial charge in [-0.3, -0.25) is 9.55 Å². The minimum absolute atomic E-state index is 0.408. The van der Waals surface area contributed by atoms with Gasteiger partial charge in [-0.25, -0.2) is 4.79 Å². The minimum Gasteiger partial charge on any atom is -0.496 e. The highest BCUT2D eigenvalue weighted by Crippen LogP contribution is 2.38. The van der Waals surface area contributed by atoms with Crippen LogP contribution in [0, 0.1) is 20.8 Å². The van der Waals surface area contributed by atoms with Gasteiger partial charge in [0, 0.05) is 10.9 Å². The first-order valence-electron chi connectivity index (χ1n) is 10.5. The Balaban J connectivity index is 0.000000815. The number of rotatable bonds is 4. The minimum atomic E-state index is -0.415. The molecule has 0 amide bonds. The summed E-state index contributed by atoms with van der Waals surface area (Å²) in [7, 11) is 1.62. The molecule has 5 rings (SSSR count). The van der Waals surface area contributed by atoms with Gasteiger partial charge >= 0.3 is 5.76 Å². The van der Waals surface area contributed by atoms with E-state index in [0.29, 0.717) is 29.2 Å². The van der Waals surface area contributed by atoms with E-state index in [9.17, 15) is 4.79 Å². The number of aryl methyl sites for hydroxylation is 3. The van der Waals surface area contributed by atoms with E-state index < -0.39 is 5.76 Å². The van der Waals surface area contributed by atoms with Crippen molar-refractivity contribution in [2.75, 3.05) is 7.11 Å². The number of methoxy groups -OCH3 is 1. The second kappa shape index (κ2) is 10.6. The van der Waals surface area contributed by atoms with Gasteiger partial charge in [-0.15, -0.1) is 0 Å². The zero-order valence-electron chi connectivity index (χ0n) is 20.0. The molecule has 35 heavy (non-hydrogen) atoms. The molecule has 0 fully saturated rings. The highest BCUT2D eigenvalue weighted by atomic mass is 16.5. The molecule has 0 saturated carbocycles. The summed E-state index contributed by atoms with van der Waals surface area (Å²) < 4.78 is 18.2. The lowest BCUT2D eigenvalue weighted by atomic mass is 10.0. The van der Waals surface area contributed by atoms with Crippen LogP contribution < -0.4 is 10.5 Å². The van der Waals surface area contributed by atoms with E-state index in [4.69, 9.17) is 23.3 Å². The van der Waals surface area contributed by atoms with Crippen LogP contribution in [0.15, 0.2) is 56.3 Å². The number of pyridine rings is 1. The second-order valence-corrected chi connectivity index (χ2v) is 7.62. The zero-order valence-corrected chi connectivity index (χ0v) is 20.0. The summed E-state index contributed by atoms with van der Waals surface area (Å²) in [4.78, 5) is 33.3. The number of carbonyl (C=O) groups is 2. The van der Waals surface area contributed by atoms with Crippen LogP contribution in [0.4, 0.5) is 0 Å². The number of hydrogen-bond donors (Lipinski definition) is 0. The summed E-state index contributed by atoms with van der Waals surface area (Å²) in [5.74, 6) is 0.935. The fourth-order valence-electron chi connectivity index (χ4n) is 4.11. The summed E-state index contributed by atoms with van der Waals surface area (Å²) in [5.41, 5.74) is 6.52. The first-order valence-corrected chi connectivity index (χ1v) is 10.5. The lowest BCUT2D eigenvalue weighted by Gasteiger charge is -2.12. The van der Waals surface area contributed by atoms with Gasteiger partial charge in [0.05, 0.1) is 36.6 Å². The van der Waals surface area contributed by atoms with Crippen molar-refractivity contribution >= 4 is 35.6 Å². The molecule has 180 valence electrons. The van der Waals surface area contributed by atoms with Crippen LogP contribution in [0.3, 0.4) is 0 Å². The number of hydrogen-bond acceptors (Lipinski definition) is 8. The SMILES string of the molecule is C=O.C=O.COc1cc2c(cc1-c1c(C)noc1C)ncc1oc(=O)n(Cc3ccccc3C)c12. The Hall–Kier alpha value is -4.53. The number of carbonyl (C=O) groups excluding carboxylic acids is 2. The summed E-state index contributed by atoms with van der Waals surface area (Å²) in [6, 6.07) is 11.8. The lowest BCUT2D eigenvalue weighted by molar-refractivity contribution is -0.0987. The Bertz CT molecular complexity index is 1530. The number of aromatic nitrogens is 3. The standard InChI is InChI=1S/C24H21N3O4.2CH2O/c1-13-7-5-6-8-16(13)12-27-23-17-10-20(29-4)18(22-14(2)26-31-15(22)3)9-19(17)25-11-21(23)30-24(27)28;2*1-2/h5-11H,12H2,1-4H3;2*1H2. The number of benzene rings is 2. The molecule has 0 radical (unpaired) electrons. The number of ether oxygens (including phenoxy) is 1. The predicted molar refractivity (Wildman–Crippen MR) is 132 cm³/mol. The highest BCUT2D eigenvalue weighted by Gasteiger charge is 2.20. The molecule has 9 nitrogen and oxygen atoms in total. The van der Waals surface area contributed by atoms with Gasteiger partial charge < -0.3 is 23.3 Å². The maximum absolute atomic E-state index is 12.7. The number of nitrogens with zero attached hydrogens (tertiary/aromatic N) is 3. The molecular formula is C26H25N3O6. The quantitative estimate of drug-likeness (QED) is 0.375. The molecule has 2 aromatic carbocycles. The first-order chi connectivity index (χ1) is 17.0. The number of fused-ring (bicyclic) bond motifs is 3. The topological polar surface area (TPSA) is 117 Å². The van der Waals surface area contributed by atoms with E-state index in [1.54, 1.807) is 17.9 Å². The second-order valence-electron chi connectivity index (χ2n) is 7.62. The van der Waals surface area contributed by atoms with E-state index in [1.165, 1.54) is 0 Å². The van der Waals surface area contributed by atoms with Gasteiger partial charge in [0.15, 0.2) is 5.58 Å². The van der Waals surface area contributed by atoms with E-state index in [1.807, 2.05) is 70.7 Å². The van der Waals surface area contributed by atoms with E-state index in [2.05, 4.69) is 10.1 Å². The summed E-state index contributed by atoms with van der Waals surface area (Å²) in [6.45, 7) is 10.2. The average molecular weight is 476 g/mol. The fraction of sp³-hybridized carbons (Fsp3) is 0.192. The third-order valence-corrected chi connectivity index (χ3v) is 5.71. The lowest BCUT2D eigenvalue weighted by Crippen LogP contribution is -2.15. The van der Waals surface area contributed by atoms with E-state index in [0.717, 1.165) is 38.9 Å². The maximum atomic E-state index is 12.7. The number of oxazole rings is 1. The van der Waals surface area contributed by atoms with Crippen LogP contribution in [-0.4, -0.2) is 35.4 Å². The Morgan fingerprint density at radius 3 is 2.40 bits per heavy atom. The van der Waals surface area contributed by atoms with Crippen molar-refractivity contribution in [2.24, 2.45) is 0 Å². The summed E-state index contributed by atoms with van der Waals surface area (Å²) >= 11 is 0. The van der Waals surface area contributed by atoms with E-state index >= 15 is 0 Å². The molecule has 3 heterocycles. The molecule has 0 bridgehead atoms. The van der Waals surface area contributed by atoms with Crippen molar-refractivity contribution in [3.63, 3.8) is 0 Å². The molecule has 0 aliphatic heterocycles. The van der Waals surface area contributed by atoms with Crippen LogP contribution in [0.2, 0.25) is 0 Å². The van der Waals surface area contributed by atoms with E-state index in [-0.39, 0.29) is 0 Å². The van der Waals surface area contributed by atoms with Crippen LogP contribution in [0.5, 0.6) is 5.75 Å². The molecule has 0 atom stereocenters. The maximum Gasteiger partial charge on any atom is 0.420 e. The van der Waals surface area contributed by atoms with Gasteiger partial charge in [0.2, 0.25) is 0 Å². The molecule has 5 aromatic rings. The monoisotopic (exact) mass is 475 g/mol. The Morgan fingerprint density at radius 1 is 1.06 bits per heavy atom. The van der Waals surface area contributed by atoms with Crippen LogP contribution >= 0.6 is 0 Å². The molecule has 0 aliphatic carbocycles. The van der Waals surface area contributed by atoms with Crippen molar-refractivity contribution < 1.29 is 23.3 Å². The Kier molecular flexibility index (Phi) is 7.60. The molecule has 3 aromatic heterocycles. The van der Waals surface area contributed by atoms with Crippen molar-refractivity contribution in [1.29, 1.82) is 0 Å². The molecule has 0 saturated heterocycles. The van der Waals surface area contributed by atoms with Gasteiger partial charge in [-0.2, -0.15) is 0 Å². The molecule has 0 N–H and O–H groups in total. The van der Waals surface area contributed by atoms with Crippen molar-refractivity contribution in [3.8, 4) is 16.9 Å². The Labute approximate surface area is 200 Å². The zero-order chi connectivity index (χ0) is 25.7. The predicted octanol–water partition coefficient (Wildman–Crippen LogP) is 4.41. The first kappa shape index (κ1) is 25.1. The van der Waals surface area contributed by atoms with Crippen LogP contribution in [0.25, 0.3) is 33.1 Å². The molecule has 9 heteroatoms. The van der Waals surface area contributed by atoms with Crippen LogP contribution in [-0.2, 0) is 16.1 Å². The van der Waals surface area contributed by atoms with Gasteiger partial charge in [0.25, 0.3) is 0 Å². The third kappa shape index (κ3) is 4.48.